The van der Waals surface area contributed by atoms with Gasteiger partial charge >= 0.3 is 0 Å². The zero-order valence-electron chi connectivity index (χ0n) is 11.9. The molecule has 0 aromatic carbocycles. The molecule has 2 aromatic heterocycles. The molecular formula is C15H18N2O3S. The van der Waals surface area contributed by atoms with Crippen molar-refractivity contribution in [2.24, 2.45) is 5.92 Å². The van der Waals surface area contributed by atoms with E-state index in [4.69, 9.17) is 4.42 Å². The number of amides is 1. The first-order chi connectivity index (χ1) is 10.2. The fourth-order valence-electron chi connectivity index (χ4n) is 2.90. The highest BCUT2D eigenvalue weighted by molar-refractivity contribution is 7.13. The molecule has 1 aliphatic rings. The summed E-state index contributed by atoms with van der Waals surface area (Å²) in [4.78, 5) is 19.5. The molecule has 1 amide bonds. The largest absolute Gasteiger partial charge is 0.442 e. The lowest BCUT2D eigenvalue weighted by molar-refractivity contribution is 0.0354. The van der Waals surface area contributed by atoms with Crippen LogP contribution in [0, 0.1) is 5.92 Å². The van der Waals surface area contributed by atoms with Gasteiger partial charge in [0.2, 0.25) is 0 Å². The third-order valence-electron chi connectivity index (χ3n) is 4.08. The third-order valence-corrected chi connectivity index (χ3v) is 4.95. The van der Waals surface area contributed by atoms with Gasteiger partial charge in [-0.05, 0) is 30.2 Å². The number of carbonyl (C=O) groups excluding carboxylic acids is 1. The number of hydrogen-bond donors (Lipinski definition) is 1. The number of thiophene rings is 1. The van der Waals surface area contributed by atoms with Gasteiger partial charge in [0.05, 0.1) is 17.5 Å². The minimum atomic E-state index is -0.155. The number of piperidine rings is 1. The van der Waals surface area contributed by atoms with Gasteiger partial charge in [-0.3, -0.25) is 4.79 Å². The number of carbonyl (C=O) groups is 1. The first-order valence-electron chi connectivity index (χ1n) is 7.11. The van der Waals surface area contributed by atoms with Crippen molar-refractivity contribution < 1.29 is 14.3 Å². The van der Waals surface area contributed by atoms with E-state index in [1.165, 1.54) is 17.7 Å². The maximum absolute atomic E-state index is 12.8. The van der Waals surface area contributed by atoms with Gasteiger partial charge in [-0.1, -0.05) is 13.0 Å². The molecule has 2 atom stereocenters. The molecule has 5 nitrogen and oxygen atoms in total. The number of oxazole rings is 1. The molecule has 0 radical (unpaired) electrons. The molecule has 0 saturated carbocycles. The summed E-state index contributed by atoms with van der Waals surface area (Å²) in [5, 5.41) is 11.5. The van der Waals surface area contributed by atoms with Gasteiger partial charge < -0.3 is 14.4 Å². The van der Waals surface area contributed by atoms with E-state index in [9.17, 15) is 9.90 Å². The van der Waals surface area contributed by atoms with E-state index in [0.29, 0.717) is 23.9 Å². The normalized spacial score (nSPS) is 22.5. The van der Waals surface area contributed by atoms with Crippen molar-refractivity contribution >= 4 is 17.2 Å². The Morgan fingerprint density at radius 3 is 3.19 bits per heavy atom. The minimum absolute atomic E-state index is 0.0148. The van der Waals surface area contributed by atoms with E-state index < -0.39 is 0 Å². The van der Waals surface area contributed by atoms with Crippen molar-refractivity contribution in [1.82, 2.24) is 9.88 Å². The molecule has 6 heteroatoms. The van der Waals surface area contributed by atoms with Crippen molar-refractivity contribution in [2.45, 2.75) is 25.8 Å². The van der Waals surface area contributed by atoms with Crippen LogP contribution >= 0.6 is 11.3 Å². The van der Waals surface area contributed by atoms with Crippen molar-refractivity contribution in [3.8, 4) is 10.6 Å². The Kier molecular flexibility index (Phi) is 4.07. The Morgan fingerprint density at radius 2 is 2.48 bits per heavy atom. The Morgan fingerprint density at radius 1 is 1.62 bits per heavy atom. The molecule has 0 bridgehead atoms. The highest BCUT2D eigenvalue weighted by atomic mass is 32.1. The lowest BCUT2D eigenvalue weighted by Gasteiger charge is -2.38. The van der Waals surface area contributed by atoms with Crippen LogP contribution < -0.4 is 0 Å². The number of rotatable bonds is 3. The van der Waals surface area contributed by atoms with Crippen LogP contribution in [0.3, 0.4) is 0 Å². The third kappa shape index (κ3) is 2.61. The van der Waals surface area contributed by atoms with Crippen molar-refractivity contribution in [3.05, 3.63) is 29.6 Å². The molecule has 2 unspecified atom stereocenters. The predicted octanol–water partition coefficient (Wildman–Crippen LogP) is 2.64. The number of aromatic nitrogens is 1. The molecule has 3 heterocycles. The summed E-state index contributed by atoms with van der Waals surface area (Å²) in [6.07, 6.45) is 3.30. The molecule has 1 saturated heterocycles. The Bertz CT molecular complexity index is 608. The van der Waals surface area contributed by atoms with Crippen molar-refractivity contribution in [3.63, 3.8) is 0 Å². The van der Waals surface area contributed by atoms with Gasteiger partial charge in [0.15, 0.2) is 17.8 Å². The molecule has 1 fully saturated rings. The molecule has 2 aromatic rings. The highest BCUT2D eigenvalue weighted by Crippen LogP contribution is 2.30. The van der Waals surface area contributed by atoms with E-state index in [0.717, 1.165) is 17.7 Å². The van der Waals surface area contributed by atoms with Crippen molar-refractivity contribution in [2.75, 3.05) is 13.2 Å². The van der Waals surface area contributed by atoms with Gasteiger partial charge in [0.25, 0.3) is 5.91 Å². The lowest BCUT2D eigenvalue weighted by Crippen LogP contribution is -2.49. The Hall–Kier alpha value is -1.66. The zero-order valence-corrected chi connectivity index (χ0v) is 12.7. The molecule has 3 rings (SSSR count). The van der Waals surface area contributed by atoms with Gasteiger partial charge in [-0.15, -0.1) is 11.3 Å². The summed E-state index contributed by atoms with van der Waals surface area (Å²) in [6, 6.07) is 3.68. The van der Waals surface area contributed by atoms with Crippen LogP contribution in [0.25, 0.3) is 10.6 Å². The quantitative estimate of drug-likeness (QED) is 0.946. The van der Waals surface area contributed by atoms with E-state index in [2.05, 4.69) is 11.9 Å². The van der Waals surface area contributed by atoms with Crippen LogP contribution in [-0.4, -0.2) is 40.1 Å². The second kappa shape index (κ2) is 5.99. The Labute approximate surface area is 127 Å². The zero-order chi connectivity index (χ0) is 14.8. The van der Waals surface area contributed by atoms with Crippen LogP contribution in [0.1, 0.15) is 30.3 Å². The predicted molar refractivity (Wildman–Crippen MR) is 80.1 cm³/mol. The van der Waals surface area contributed by atoms with Gasteiger partial charge in [-0.2, -0.15) is 0 Å². The number of aliphatic hydroxyl groups is 1. The highest BCUT2D eigenvalue weighted by Gasteiger charge is 2.34. The molecule has 112 valence electrons. The summed E-state index contributed by atoms with van der Waals surface area (Å²) in [5.41, 5.74) is 0.338. The number of nitrogens with zero attached hydrogens (tertiary/aromatic N) is 2. The van der Waals surface area contributed by atoms with Crippen LogP contribution in [0.4, 0.5) is 0 Å². The summed E-state index contributed by atoms with van der Waals surface area (Å²) in [7, 11) is 0. The molecular weight excluding hydrogens is 288 g/mol. The molecule has 21 heavy (non-hydrogen) atoms. The Balaban J connectivity index is 1.90. The van der Waals surface area contributed by atoms with Gasteiger partial charge in [0.1, 0.15) is 0 Å². The monoisotopic (exact) mass is 306 g/mol. The topological polar surface area (TPSA) is 66.6 Å². The van der Waals surface area contributed by atoms with Gasteiger partial charge in [-0.25, -0.2) is 4.98 Å². The van der Waals surface area contributed by atoms with Crippen molar-refractivity contribution in [1.29, 1.82) is 0 Å². The minimum Gasteiger partial charge on any atom is -0.442 e. The summed E-state index contributed by atoms with van der Waals surface area (Å²) >= 11 is 1.51. The number of likely N-dealkylation sites (tertiary alicyclic amines) is 1. The van der Waals surface area contributed by atoms with Crippen LogP contribution in [-0.2, 0) is 0 Å². The van der Waals surface area contributed by atoms with Gasteiger partial charge in [0, 0.05) is 6.54 Å². The summed E-state index contributed by atoms with van der Waals surface area (Å²) in [5.74, 6) is 0.660. The maximum Gasteiger partial charge on any atom is 0.276 e. The fourth-order valence-corrected chi connectivity index (χ4v) is 3.61. The van der Waals surface area contributed by atoms with Crippen LogP contribution in [0.15, 0.2) is 28.3 Å². The van der Waals surface area contributed by atoms with E-state index in [1.807, 2.05) is 17.5 Å². The number of hydrogen-bond acceptors (Lipinski definition) is 5. The first-order valence-corrected chi connectivity index (χ1v) is 7.99. The van der Waals surface area contributed by atoms with E-state index in [1.54, 1.807) is 4.90 Å². The second-order valence-corrected chi connectivity index (χ2v) is 6.32. The summed E-state index contributed by atoms with van der Waals surface area (Å²) < 4.78 is 5.41. The van der Waals surface area contributed by atoms with E-state index in [-0.39, 0.29) is 18.6 Å². The van der Waals surface area contributed by atoms with Crippen LogP contribution in [0.2, 0.25) is 0 Å². The average Bonchev–Trinajstić information content (AvgIpc) is 3.16. The first kappa shape index (κ1) is 14.3. The van der Waals surface area contributed by atoms with E-state index >= 15 is 0 Å². The second-order valence-electron chi connectivity index (χ2n) is 5.38. The SMILES string of the molecule is CC1CCCN(C(=O)c2ncoc2-c2cccs2)C1CO. The number of aliphatic hydroxyl groups excluding tert-OH is 1. The molecule has 1 N–H and O–H groups in total. The average molecular weight is 306 g/mol. The standard InChI is InChI=1S/C15H18N2O3S/c1-10-4-2-6-17(11(10)8-18)15(19)13-14(20-9-16-13)12-5-3-7-21-12/h3,5,7,9-11,18H,2,4,6,8H2,1H3. The fraction of sp³-hybridized carbons (Fsp3) is 0.467. The summed E-state index contributed by atoms with van der Waals surface area (Å²) in [6.45, 7) is 2.72. The molecule has 1 aliphatic heterocycles. The molecule has 0 aliphatic carbocycles. The maximum atomic E-state index is 12.8. The smallest absolute Gasteiger partial charge is 0.276 e. The van der Waals surface area contributed by atoms with Crippen LogP contribution in [0.5, 0.6) is 0 Å². The lowest BCUT2D eigenvalue weighted by atomic mass is 9.91. The molecule has 0 spiro atoms.